The summed E-state index contributed by atoms with van der Waals surface area (Å²) in [6.07, 6.45) is 3.23. The molecule has 0 saturated carbocycles. The fourth-order valence-electron chi connectivity index (χ4n) is 6.83. The minimum Gasteiger partial charge on any atom is -0.478 e. The topological polar surface area (TPSA) is 84.2 Å². The summed E-state index contributed by atoms with van der Waals surface area (Å²) in [5.41, 5.74) is 7.50. The van der Waals surface area contributed by atoms with Gasteiger partial charge in [0.05, 0.1) is 16.6 Å². The van der Waals surface area contributed by atoms with Gasteiger partial charge in [0.1, 0.15) is 5.82 Å². The maximum Gasteiger partial charge on any atom is 0.336 e. The number of carboxylic acid groups (broad SMARTS) is 1. The van der Waals surface area contributed by atoms with Crippen molar-refractivity contribution in [3.05, 3.63) is 159 Å². The van der Waals surface area contributed by atoms with Gasteiger partial charge in [-0.2, -0.15) is 0 Å². The molecule has 7 aromatic rings. The number of fused-ring (bicyclic) bond motifs is 2. The van der Waals surface area contributed by atoms with Crippen LogP contribution in [0.4, 0.5) is 0 Å². The number of imidazole rings is 1. The van der Waals surface area contributed by atoms with Crippen molar-refractivity contribution in [2.24, 2.45) is 0 Å². The van der Waals surface area contributed by atoms with Gasteiger partial charge in [-0.3, -0.25) is 4.79 Å². The first-order valence-electron chi connectivity index (χ1n) is 17.1. The van der Waals surface area contributed by atoms with Crippen LogP contribution in [-0.2, 0) is 25.8 Å². The first-order valence-corrected chi connectivity index (χ1v) is 18.0. The van der Waals surface area contributed by atoms with Crippen LogP contribution in [0.3, 0.4) is 0 Å². The number of aromatic nitrogens is 2. The van der Waals surface area contributed by atoms with Gasteiger partial charge in [0, 0.05) is 35.9 Å². The second-order valence-corrected chi connectivity index (χ2v) is 13.8. The number of carboxylic acids is 1. The SMILES string of the molecule is CCCc1nc2c(C)cc(C(=O)N[C@H](Cc3ccccc3)Cc3scc4ccccc34)cc2n1Cc1ccc(-c2ccccc2C(=O)O)cc1. The average molecular weight is 678 g/mol. The van der Waals surface area contributed by atoms with E-state index in [-0.39, 0.29) is 17.5 Å². The summed E-state index contributed by atoms with van der Waals surface area (Å²) in [6.45, 7) is 4.76. The number of aromatic carboxylic acids is 1. The number of aryl methyl sites for hydroxylation is 2. The van der Waals surface area contributed by atoms with Crippen LogP contribution in [0.2, 0.25) is 0 Å². The summed E-state index contributed by atoms with van der Waals surface area (Å²) in [5.74, 6) is -0.0570. The molecule has 7 rings (SSSR count). The Labute approximate surface area is 296 Å². The fourth-order valence-corrected chi connectivity index (χ4v) is 7.92. The Balaban J connectivity index is 1.19. The smallest absolute Gasteiger partial charge is 0.336 e. The lowest BCUT2D eigenvalue weighted by atomic mass is 9.98. The largest absolute Gasteiger partial charge is 0.478 e. The van der Waals surface area contributed by atoms with Crippen molar-refractivity contribution in [1.82, 2.24) is 14.9 Å². The zero-order valence-corrected chi connectivity index (χ0v) is 29.0. The number of carbonyl (C=O) groups is 2. The third-order valence-corrected chi connectivity index (χ3v) is 10.3. The summed E-state index contributed by atoms with van der Waals surface area (Å²) >= 11 is 1.75. The molecule has 0 aliphatic rings. The number of thiophene rings is 1. The van der Waals surface area contributed by atoms with Crippen LogP contribution in [-0.4, -0.2) is 32.6 Å². The van der Waals surface area contributed by atoms with Crippen LogP contribution in [0.5, 0.6) is 0 Å². The van der Waals surface area contributed by atoms with Crippen molar-refractivity contribution >= 4 is 45.0 Å². The average Bonchev–Trinajstić information content (AvgIpc) is 3.70. The third-order valence-electron chi connectivity index (χ3n) is 9.30. The van der Waals surface area contributed by atoms with E-state index in [2.05, 4.69) is 58.6 Å². The molecule has 0 aliphatic heterocycles. The van der Waals surface area contributed by atoms with Crippen LogP contribution in [0.25, 0.3) is 32.9 Å². The molecule has 6 nitrogen and oxygen atoms in total. The van der Waals surface area contributed by atoms with Gasteiger partial charge < -0.3 is 15.0 Å². The molecule has 2 aromatic heterocycles. The van der Waals surface area contributed by atoms with Crippen LogP contribution in [0, 0.1) is 6.92 Å². The van der Waals surface area contributed by atoms with E-state index < -0.39 is 5.97 Å². The van der Waals surface area contributed by atoms with Crippen LogP contribution in [0.15, 0.2) is 121 Å². The summed E-state index contributed by atoms with van der Waals surface area (Å²) in [4.78, 5) is 32.3. The van der Waals surface area contributed by atoms with E-state index in [0.29, 0.717) is 17.7 Å². The van der Waals surface area contributed by atoms with Crippen LogP contribution < -0.4 is 5.32 Å². The van der Waals surface area contributed by atoms with Gasteiger partial charge >= 0.3 is 5.97 Å². The Hall–Kier alpha value is -5.53. The number of amides is 1. The second kappa shape index (κ2) is 14.5. The molecule has 2 heterocycles. The first kappa shape index (κ1) is 33.0. The highest BCUT2D eigenvalue weighted by atomic mass is 32.1. The lowest BCUT2D eigenvalue weighted by molar-refractivity contribution is 0.0697. The van der Waals surface area contributed by atoms with Crippen molar-refractivity contribution in [1.29, 1.82) is 0 Å². The predicted molar refractivity (Wildman–Crippen MR) is 203 cm³/mol. The monoisotopic (exact) mass is 677 g/mol. The number of hydrogen-bond acceptors (Lipinski definition) is 4. The highest BCUT2D eigenvalue weighted by Gasteiger charge is 2.21. The molecule has 0 aliphatic carbocycles. The van der Waals surface area contributed by atoms with Crippen molar-refractivity contribution < 1.29 is 14.7 Å². The minimum atomic E-state index is -0.944. The Kier molecular flexibility index (Phi) is 9.58. The number of hydrogen-bond donors (Lipinski definition) is 2. The number of rotatable bonds is 12. The molecule has 5 aromatic carbocycles. The fraction of sp³-hybridized carbons (Fsp3) is 0.186. The zero-order chi connectivity index (χ0) is 34.6. The Morgan fingerprint density at radius 2 is 1.60 bits per heavy atom. The van der Waals surface area contributed by atoms with Gasteiger partial charge in [-0.25, -0.2) is 9.78 Å². The maximum absolute atomic E-state index is 14.1. The van der Waals surface area contributed by atoms with Crippen molar-refractivity contribution in [2.45, 2.75) is 52.1 Å². The molecule has 250 valence electrons. The summed E-state index contributed by atoms with van der Waals surface area (Å²) in [5, 5.41) is 17.8. The zero-order valence-electron chi connectivity index (χ0n) is 28.2. The molecule has 1 amide bonds. The van der Waals surface area contributed by atoms with Crippen molar-refractivity contribution in [3.63, 3.8) is 0 Å². The minimum absolute atomic E-state index is 0.0895. The van der Waals surface area contributed by atoms with E-state index in [4.69, 9.17) is 4.98 Å². The van der Waals surface area contributed by atoms with Gasteiger partial charge in [-0.15, -0.1) is 11.3 Å². The van der Waals surface area contributed by atoms with Crippen LogP contribution >= 0.6 is 11.3 Å². The lowest BCUT2D eigenvalue weighted by Crippen LogP contribution is -2.38. The van der Waals surface area contributed by atoms with Gasteiger partial charge in [-0.1, -0.05) is 104 Å². The Bertz CT molecular complexity index is 2300. The predicted octanol–water partition coefficient (Wildman–Crippen LogP) is 9.51. The molecule has 0 saturated heterocycles. The Morgan fingerprint density at radius 1 is 0.860 bits per heavy atom. The van der Waals surface area contributed by atoms with Gasteiger partial charge in [0.15, 0.2) is 0 Å². The molecular weight excluding hydrogens is 639 g/mol. The molecule has 2 N–H and O–H groups in total. The molecule has 1 atom stereocenters. The second-order valence-electron chi connectivity index (χ2n) is 12.9. The standard InChI is InChI=1S/C43H39N3O3S/c1-3-11-40-45-41-28(2)22-33(24-38(41)46(40)26-30-18-20-31(21-19-30)35-15-9-10-17-37(35)43(48)49)42(47)44-34(23-29-12-5-4-6-13-29)25-39-36-16-8-7-14-32(36)27-50-39/h4-10,12-22,24,27,34H,3,11,23,25-26H2,1-2H3,(H,44,47)(H,48,49)/t34-/m1/s1. The molecule has 0 unspecified atom stereocenters. The summed E-state index contributed by atoms with van der Waals surface area (Å²) in [6, 6.07) is 37.7. The van der Waals surface area contributed by atoms with Gasteiger partial charge in [0.25, 0.3) is 5.91 Å². The molecule has 0 radical (unpaired) electrons. The lowest BCUT2D eigenvalue weighted by Gasteiger charge is -2.19. The van der Waals surface area contributed by atoms with Crippen LogP contribution in [0.1, 0.15) is 61.5 Å². The molecule has 50 heavy (non-hydrogen) atoms. The van der Waals surface area contributed by atoms with E-state index in [1.165, 1.54) is 21.2 Å². The number of nitrogens with zero attached hydrogens (tertiary/aromatic N) is 2. The van der Waals surface area contributed by atoms with E-state index in [1.807, 2.05) is 73.7 Å². The van der Waals surface area contributed by atoms with Crippen molar-refractivity contribution in [3.8, 4) is 11.1 Å². The van der Waals surface area contributed by atoms with Gasteiger partial charge in [-0.05, 0) is 81.9 Å². The highest BCUT2D eigenvalue weighted by molar-refractivity contribution is 7.11. The summed E-state index contributed by atoms with van der Waals surface area (Å²) in [7, 11) is 0. The van der Waals surface area contributed by atoms with E-state index in [1.54, 1.807) is 23.5 Å². The van der Waals surface area contributed by atoms with E-state index in [0.717, 1.165) is 59.2 Å². The molecule has 7 heteroatoms. The maximum atomic E-state index is 14.1. The molecular formula is C43H39N3O3S. The summed E-state index contributed by atoms with van der Waals surface area (Å²) < 4.78 is 2.22. The third kappa shape index (κ3) is 6.96. The number of nitrogens with one attached hydrogen (secondary N) is 1. The first-order chi connectivity index (χ1) is 24.4. The molecule has 0 spiro atoms. The van der Waals surface area contributed by atoms with E-state index >= 15 is 0 Å². The van der Waals surface area contributed by atoms with E-state index in [9.17, 15) is 14.7 Å². The quantitative estimate of drug-likeness (QED) is 0.135. The number of carbonyl (C=O) groups excluding carboxylic acids is 1. The molecule has 0 bridgehead atoms. The van der Waals surface area contributed by atoms with Gasteiger partial charge in [0.2, 0.25) is 0 Å². The van der Waals surface area contributed by atoms with Crippen molar-refractivity contribution in [2.75, 3.05) is 0 Å². The normalized spacial score (nSPS) is 12.0. The number of benzene rings is 5. The molecule has 0 fully saturated rings. The Morgan fingerprint density at radius 3 is 2.38 bits per heavy atom. The highest BCUT2D eigenvalue weighted by Crippen LogP contribution is 2.29.